The van der Waals surface area contributed by atoms with Crippen molar-refractivity contribution in [2.75, 3.05) is 37.7 Å². The van der Waals surface area contributed by atoms with Gasteiger partial charge < -0.3 is 25.4 Å². The first-order valence-corrected chi connectivity index (χ1v) is 14.0. The highest BCUT2D eigenvalue weighted by molar-refractivity contribution is 6.36. The van der Waals surface area contributed by atoms with Gasteiger partial charge in [0.15, 0.2) is 0 Å². The van der Waals surface area contributed by atoms with E-state index in [1.54, 1.807) is 12.3 Å². The number of amides is 1. The van der Waals surface area contributed by atoms with E-state index in [1.165, 1.54) is 5.56 Å². The van der Waals surface area contributed by atoms with Crippen LogP contribution in [0.5, 0.6) is 5.88 Å². The van der Waals surface area contributed by atoms with Crippen molar-refractivity contribution in [2.45, 2.75) is 38.1 Å². The van der Waals surface area contributed by atoms with E-state index >= 15 is 0 Å². The zero-order valence-corrected chi connectivity index (χ0v) is 23.9. The number of carbonyl (C=O) groups excluding carboxylic acids is 1. The van der Waals surface area contributed by atoms with Gasteiger partial charge in [-0.05, 0) is 61.7 Å². The van der Waals surface area contributed by atoms with Crippen LogP contribution in [0.3, 0.4) is 0 Å². The second-order valence-corrected chi connectivity index (χ2v) is 10.6. The normalized spacial score (nSPS) is 15.6. The number of nitrogens with zero attached hydrogens (tertiary/aromatic N) is 4. The summed E-state index contributed by atoms with van der Waals surface area (Å²) in [6.07, 6.45) is 3.80. The smallest absolute Gasteiger partial charge is 0.290 e. The molecule has 1 aromatic carbocycles. The topological polar surface area (TPSA) is 122 Å². The highest BCUT2D eigenvalue weighted by Crippen LogP contribution is 2.44. The van der Waals surface area contributed by atoms with Crippen LogP contribution < -0.4 is 15.4 Å². The molecule has 5 rings (SSSR count). The Hall–Kier alpha value is -3.40. The number of pyridine rings is 2. The molecular formula is C29H33Cl2N5O4. The summed E-state index contributed by atoms with van der Waals surface area (Å²) in [4.78, 5) is 35.1. The molecule has 0 saturated carbocycles. The van der Waals surface area contributed by atoms with Crippen LogP contribution >= 0.6 is 23.2 Å². The molecule has 2 aliphatic heterocycles. The summed E-state index contributed by atoms with van der Waals surface area (Å²) in [6.45, 7) is 5.32. The number of halogens is 2. The molecule has 3 aromatic rings. The first kappa shape index (κ1) is 29.6. The van der Waals surface area contributed by atoms with Crippen LogP contribution in [0.1, 0.15) is 37.4 Å². The Balaban J connectivity index is 0.00000118. The zero-order chi connectivity index (χ0) is 28.7. The van der Waals surface area contributed by atoms with Gasteiger partial charge in [0.2, 0.25) is 11.8 Å². The largest absolute Gasteiger partial charge is 0.483 e. The van der Waals surface area contributed by atoms with Crippen molar-refractivity contribution >= 4 is 41.3 Å². The summed E-state index contributed by atoms with van der Waals surface area (Å²) < 4.78 is 5.75. The van der Waals surface area contributed by atoms with Crippen molar-refractivity contribution < 1.29 is 19.4 Å². The fourth-order valence-corrected chi connectivity index (χ4v) is 6.11. The molecule has 2 aromatic heterocycles. The van der Waals surface area contributed by atoms with Gasteiger partial charge in [-0.3, -0.25) is 14.6 Å². The molecule has 0 radical (unpaired) electrons. The Morgan fingerprint density at radius 3 is 2.62 bits per heavy atom. The van der Waals surface area contributed by atoms with E-state index in [1.807, 2.05) is 36.1 Å². The third-order valence-electron chi connectivity index (χ3n) is 7.39. The van der Waals surface area contributed by atoms with Crippen LogP contribution in [0.4, 0.5) is 5.69 Å². The van der Waals surface area contributed by atoms with Crippen molar-refractivity contribution in [2.24, 2.45) is 5.73 Å². The Labute approximate surface area is 243 Å². The number of fused-ring (bicyclic) bond motifs is 2. The van der Waals surface area contributed by atoms with Gasteiger partial charge in [0.25, 0.3) is 6.47 Å². The van der Waals surface area contributed by atoms with Gasteiger partial charge in [0.05, 0.1) is 40.8 Å². The molecule has 1 spiro atoms. The first-order chi connectivity index (χ1) is 19.4. The van der Waals surface area contributed by atoms with Gasteiger partial charge in [-0.2, -0.15) is 0 Å². The van der Waals surface area contributed by atoms with Crippen LogP contribution in [0.15, 0.2) is 48.7 Å². The molecule has 4 heterocycles. The minimum atomic E-state index is -0.250. The number of rotatable bonds is 6. The summed E-state index contributed by atoms with van der Waals surface area (Å²) in [5.74, 6) is 0.631. The minimum absolute atomic E-state index is 0.0688. The number of anilines is 1. The third kappa shape index (κ3) is 6.32. The van der Waals surface area contributed by atoms with Crippen LogP contribution in [0.25, 0.3) is 11.3 Å². The minimum Gasteiger partial charge on any atom is -0.483 e. The molecule has 2 aliphatic rings. The Morgan fingerprint density at radius 1 is 1.20 bits per heavy atom. The molecule has 0 unspecified atom stereocenters. The van der Waals surface area contributed by atoms with E-state index in [2.05, 4.69) is 22.0 Å². The van der Waals surface area contributed by atoms with Gasteiger partial charge in [0.1, 0.15) is 0 Å². The highest BCUT2D eigenvalue weighted by Gasteiger charge is 2.44. The van der Waals surface area contributed by atoms with Crippen molar-refractivity contribution in [1.82, 2.24) is 14.9 Å². The average molecular weight is 587 g/mol. The van der Waals surface area contributed by atoms with Crippen LogP contribution in [0.2, 0.25) is 10.0 Å². The lowest BCUT2D eigenvalue weighted by molar-refractivity contribution is -0.133. The van der Waals surface area contributed by atoms with E-state index in [4.69, 9.17) is 48.6 Å². The van der Waals surface area contributed by atoms with Gasteiger partial charge in [-0.25, -0.2) is 4.98 Å². The van der Waals surface area contributed by atoms with Crippen LogP contribution in [-0.4, -0.2) is 65.1 Å². The van der Waals surface area contributed by atoms with Gasteiger partial charge >= 0.3 is 0 Å². The van der Waals surface area contributed by atoms with E-state index in [-0.39, 0.29) is 17.8 Å². The number of piperidine rings is 1. The number of nitrogens with two attached hydrogens (primary N) is 1. The number of carbonyl (C=O) groups is 2. The summed E-state index contributed by atoms with van der Waals surface area (Å²) in [7, 11) is 0. The number of benzene rings is 1. The molecule has 3 N–H and O–H groups in total. The lowest BCUT2D eigenvalue weighted by atomic mass is 9.69. The number of ether oxygens (including phenoxy) is 1. The second kappa shape index (κ2) is 13.3. The van der Waals surface area contributed by atoms with Crippen LogP contribution in [0, 0.1) is 0 Å². The Morgan fingerprint density at radius 2 is 1.95 bits per heavy atom. The second-order valence-electron chi connectivity index (χ2n) is 9.74. The Kier molecular flexibility index (Phi) is 9.84. The predicted octanol–water partition coefficient (Wildman–Crippen LogP) is 4.78. The quantitative estimate of drug-likeness (QED) is 0.396. The third-order valence-corrected chi connectivity index (χ3v) is 7.93. The summed E-state index contributed by atoms with van der Waals surface area (Å²) in [5, 5.41) is 8.17. The maximum atomic E-state index is 13.0. The molecule has 1 fully saturated rings. The highest BCUT2D eigenvalue weighted by atomic mass is 35.5. The monoisotopic (exact) mass is 585 g/mol. The lowest BCUT2D eigenvalue weighted by Crippen LogP contribution is -2.53. The SMILES string of the molecule is CCOc1ncccc1-c1ccc2c(n1)CN(C(=O)CCN)CC21CCN(c2ccc(Cl)cc2Cl)CC1.O=CO. The van der Waals surface area contributed by atoms with E-state index < -0.39 is 0 Å². The fraction of sp³-hybridized carbons (Fsp3) is 0.379. The molecule has 11 heteroatoms. The number of carboxylic acid groups (broad SMARTS) is 1. The van der Waals surface area contributed by atoms with Gasteiger partial charge in [0, 0.05) is 49.2 Å². The van der Waals surface area contributed by atoms with Crippen molar-refractivity contribution in [3.8, 4) is 17.1 Å². The molecule has 0 bridgehead atoms. The first-order valence-electron chi connectivity index (χ1n) is 13.2. The molecule has 1 amide bonds. The molecule has 1 saturated heterocycles. The van der Waals surface area contributed by atoms with Crippen molar-refractivity contribution in [3.63, 3.8) is 0 Å². The lowest BCUT2D eigenvalue weighted by Gasteiger charge is -2.49. The standard InChI is InChI=1S/C28H31Cl2N5O2.CH2O2/c1-2-37-27-20(4-3-13-32-27)23-7-6-21-24(33-23)17-35(26(36)9-12-31)18-28(21)10-14-34(15-11-28)25-8-5-19(29)16-22(25)30;2-1-3/h3-8,13,16H,2,9-12,14-15,17-18,31H2,1H3;1H,(H,2,3). The molecule has 0 aliphatic carbocycles. The Bertz CT molecular complexity index is 1350. The molecule has 40 heavy (non-hydrogen) atoms. The van der Waals surface area contributed by atoms with Gasteiger partial charge in [-0.15, -0.1) is 0 Å². The molecule has 0 atom stereocenters. The summed E-state index contributed by atoms with van der Waals surface area (Å²) in [5.41, 5.74) is 10.3. The predicted molar refractivity (Wildman–Crippen MR) is 156 cm³/mol. The average Bonchev–Trinajstić information content (AvgIpc) is 2.94. The maximum Gasteiger partial charge on any atom is 0.290 e. The maximum absolute atomic E-state index is 13.0. The summed E-state index contributed by atoms with van der Waals surface area (Å²) in [6, 6.07) is 13.7. The van der Waals surface area contributed by atoms with E-state index in [0.29, 0.717) is 48.6 Å². The summed E-state index contributed by atoms with van der Waals surface area (Å²) >= 11 is 12.6. The number of hydrogen-bond acceptors (Lipinski definition) is 7. The molecule has 9 nitrogen and oxygen atoms in total. The molecule has 212 valence electrons. The van der Waals surface area contributed by atoms with E-state index in [9.17, 15) is 4.79 Å². The fourth-order valence-electron chi connectivity index (χ4n) is 5.58. The zero-order valence-electron chi connectivity index (χ0n) is 22.4. The van der Waals surface area contributed by atoms with Crippen LogP contribution in [-0.2, 0) is 21.5 Å². The van der Waals surface area contributed by atoms with Gasteiger partial charge in [-0.1, -0.05) is 29.3 Å². The van der Waals surface area contributed by atoms with E-state index in [0.717, 1.165) is 48.6 Å². The molecular weight excluding hydrogens is 553 g/mol. The van der Waals surface area contributed by atoms with Crippen molar-refractivity contribution in [1.29, 1.82) is 0 Å². The number of aromatic nitrogens is 2. The van der Waals surface area contributed by atoms with Crippen molar-refractivity contribution in [3.05, 3.63) is 70.0 Å². The number of hydrogen-bond donors (Lipinski definition) is 2.